The highest BCUT2D eigenvalue weighted by Crippen LogP contribution is 2.32. The van der Waals surface area contributed by atoms with Crippen LogP contribution in [-0.2, 0) is 9.47 Å². The zero-order chi connectivity index (χ0) is 21.2. The molecule has 1 atom stereocenters. The van der Waals surface area contributed by atoms with Crippen molar-refractivity contribution in [1.82, 2.24) is 13.9 Å². The molecule has 3 heterocycles. The number of likely N-dealkylation sites (tertiary alicyclic amines) is 1. The lowest BCUT2D eigenvalue weighted by molar-refractivity contribution is 0.0206. The van der Waals surface area contributed by atoms with Crippen LogP contribution in [0.5, 0.6) is 0 Å². The Labute approximate surface area is 186 Å². The Morgan fingerprint density at radius 1 is 1.38 bits per heavy atom. The van der Waals surface area contributed by atoms with E-state index < -0.39 is 11.6 Å². The number of anilines is 1. The third-order valence-electron chi connectivity index (χ3n) is 4.58. The number of methoxy groups -OCH3 is 1. The quantitative estimate of drug-likeness (QED) is 0.459. The second-order valence-electron chi connectivity index (χ2n) is 7.90. The van der Waals surface area contributed by atoms with Crippen molar-refractivity contribution in [3.8, 4) is 0 Å². The number of carbonyl (C=O) groups excluding carboxylic acids is 2. The number of piperidine rings is 1. The molecule has 1 aliphatic heterocycles. The van der Waals surface area contributed by atoms with Crippen LogP contribution in [0.3, 0.4) is 0 Å². The van der Waals surface area contributed by atoms with Gasteiger partial charge in [0.2, 0.25) is 0 Å². The predicted molar refractivity (Wildman–Crippen MR) is 123 cm³/mol. The van der Waals surface area contributed by atoms with Gasteiger partial charge in [-0.15, -0.1) is 0 Å². The summed E-state index contributed by atoms with van der Waals surface area (Å²) >= 11 is 2.18. The molecule has 1 fully saturated rings. The van der Waals surface area contributed by atoms with Gasteiger partial charge in [0.25, 0.3) is 0 Å². The van der Waals surface area contributed by atoms with Crippen LogP contribution in [0, 0.1) is 0 Å². The average Bonchev–Trinajstić information content (AvgIpc) is 3.10. The number of rotatable bonds is 4. The monoisotopic (exact) mass is 532 g/mol. The molecule has 0 spiro atoms. The van der Waals surface area contributed by atoms with Gasteiger partial charge in [-0.3, -0.25) is 3.97 Å². The number of halogens is 1. The Bertz CT molecular complexity index is 911. The number of ether oxygens (including phenoxy) is 2. The predicted octanol–water partition coefficient (Wildman–Crippen LogP) is 4.48. The van der Waals surface area contributed by atoms with Gasteiger partial charge >= 0.3 is 12.1 Å². The van der Waals surface area contributed by atoms with Crippen molar-refractivity contribution in [3.05, 3.63) is 24.0 Å². The molecule has 8 nitrogen and oxygen atoms in total. The molecule has 0 saturated carbocycles. The summed E-state index contributed by atoms with van der Waals surface area (Å²) in [4.78, 5) is 30.9. The number of esters is 1. The third-order valence-corrected chi connectivity index (χ3v) is 6.30. The van der Waals surface area contributed by atoms with Crippen LogP contribution in [-0.4, -0.2) is 57.8 Å². The molecular formula is C19H25IN4O4S. The smallest absolute Gasteiger partial charge is 0.410 e. The topological polar surface area (TPSA) is 85.7 Å². The van der Waals surface area contributed by atoms with Crippen LogP contribution in [0.1, 0.15) is 44.0 Å². The number of aromatic nitrogens is 2. The Balaban J connectivity index is 1.87. The molecule has 158 valence electrons. The van der Waals surface area contributed by atoms with Gasteiger partial charge in [0, 0.05) is 67.2 Å². The molecule has 0 aliphatic carbocycles. The second kappa shape index (κ2) is 8.99. The van der Waals surface area contributed by atoms with E-state index in [4.69, 9.17) is 9.47 Å². The molecule has 10 heteroatoms. The standard InChI is InChI=1S/C19H25IN4O4S/c1-19(2,3)28-18(26)23-8-5-6-12(11-23)22-15-13-7-9-24(29-20)16(13)21-10-14(15)17(25)27-4/h7,9-10,12H,5-6,8,11H2,1-4H3,(H,21,22). The molecule has 1 amide bonds. The maximum atomic E-state index is 12.5. The van der Waals surface area contributed by atoms with Crippen molar-refractivity contribution in [1.29, 1.82) is 0 Å². The molecule has 1 aliphatic rings. The van der Waals surface area contributed by atoms with Crippen LogP contribution < -0.4 is 5.32 Å². The van der Waals surface area contributed by atoms with Crippen LogP contribution in [0.2, 0.25) is 0 Å². The molecule has 0 bridgehead atoms. The van der Waals surface area contributed by atoms with Crippen molar-refractivity contribution in [2.45, 2.75) is 45.3 Å². The number of amides is 1. The van der Waals surface area contributed by atoms with Crippen molar-refractivity contribution >= 4 is 59.1 Å². The van der Waals surface area contributed by atoms with E-state index in [2.05, 4.69) is 31.5 Å². The Kier molecular flexibility index (Phi) is 6.82. The van der Waals surface area contributed by atoms with Gasteiger partial charge in [0.15, 0.2) is 5.65 Å². The van der Waals surface area contributed by atoms with Crippen molar-refractivity contribution < 1.29 is 19.1 Å². The van der Waals surface area contributed by atoms with Gasteiger partial charge in [-0.2, -0.15) is 0 Å². The van der Waals surface area contributed by atoms with Gasteiger partial charge < -0.3 is 19.7 Å². The van der Waals surface area contributed by atoms with E-state index in [-0.39, 0.29) is 12.1 Å². The molecule has 3 rings (SSSR count). The highest BCUT2D eigenvalue weighted by atomic mass is 127. The minimum absolute atomic E-state index is 0.0131. The average molecular weight is 532 g/mol. The van der Waals surface area contributed by atoms with E-state index in [0.29, 0.717) is 24.3 Å². The van der Waals surface area contributed by atoms with Crippen LogP contribution >= 0.6 is 30.3 Å². The van der Waals surface area contributed by atoms with Crippen LogP contribution in [0.4, 0.5) is 10.5 Å². The fraction of sp³-hybridized carbons (Fsp3) is 0.526. The largest absolute Gasteiger partial charge is 0.465 e. The van der Waals surface area contributed by atoms with Crippen molar-refractivity contribution in [2.75, 3.05) is 25.5 Å². The van der Waals surface area contributed by atoms with E-state index in [9.17, 15) is 9.59 Å². The maximum absolute atomic E-state index is 12.5. The van der Waals surface area contributed by atoms with Gasteiger partial charge in [-0.05, 0) is 39.7 Å². The first-order valence-electron chi connectivity index (χ1n) is 9.35. The second-order valence-corrected chi connectivity index (χ2v) is 9.61. The molecule has 1 saturated heterocycles. The number of fused-ring (bicyclic) bond motifs is 1. The Hall–Kier alpha value is -1.69. The zero-order valence-electron chi connectivity index (χ0n) is 16.9. The summed E-state index contributed by atoms with van der Waals surface area (Å²) in [7, 11) is 2.85. The van der Waals surface area contributed by atoms with Crippen molar-refractivity contribution in [2.24, 2.45) is 0 Å². The van der Waals surface area contributed by atoms with Gasteiger partial charge in [0.1, 0.15) is 11.2 Å². The lowest BCUT2D eigenvalue weighted by atomic mass is 10.0. The Morgan fingerprint density at radius 3 is 2.79 bits per heavy atom. The Morgan fingerprint density at radius 2 is 2.14 bits per heavy atom. The first-order valence-corrected chi connectivity index (χ1v) is 12.7. The van der Waals surface area contributed by atoms with Crippen LogP contribution in [0.25, 0.3) is 11.0 Å². The first-order chi connectivity index (χ1) is 13.7. The lowest BCUT2D eigenvalue weighted by Crippen LogP contribution is -2.47. The maximum Gasteiger partial charge on any atom is 0.410 e. The summed E-state index contributed by atoms with van der Waals surface area (Å²) in [5.41, 5.74) is 1.29. The number of nitrogens with zero attached hydrogens (tertiary/aromatic N) is 3. The number of hydrogen-bond donors (Lipinski definition) is 1. The SMILES string of the molecule is COC(=O)c1cnc2c(ccn2SI)c1NC1CCCN(C(=O)OC(C)(C)C)C1. The van der Waals surface area contributed by atoms with E-state index in [1.54, 1.807) is 4.90 Å². The lowest BCUT2D eigenvalue weighted by Gasteiger charge is -2.35. The summed E-state index contributed by atoms with van der Waals surface area (Å²) in [5, 5.41) is 4.32. The van der Waals surface area contributed by atoms with Crippen LogP contribution in [0.15, 0.2) is 18.5 Å². The molecule has 2 aromatic rings. The summed E-state index contributed by atoms with van der Waals surface area (Å²) in [6, 6.07) is 1.91. The molecule has 0 radical (unpaired) electrons. The van der Waals surface area contributed by atoms with E-state index in [0.717, 1.165) is 23.9 Å². The minimum Gasteiger partial charge on any atom is -0.465 e. The fourth-order valence-corrected chi connectivity index (χ4v) is 4.60. The number of carbonyl (C=O) groups is 2. The number of hydrogen-bond acceptors (Lipinski definition) is 7. The summed E-state index contributed by atoms with van der Waals surface area (Å²) in [5.74, 6) is -0.448. The highest BCUT2D eigenvalue weighted by Gasteiger charge is 2.29. The summed E-state index contributed by atoms with van der Waals surface area (Å²) < 4.78 is 12.4. The summed E-state index contributed by atoms with van der Waals surface area (Å²) in [6.45, 7) is 6.73. The number of nitrogens with one attached hydrogen (secondary N) is 1. The van der Waals surface area contributed by atoms with E-state index in [1.165, 1.54) is 22.4 Å². The third kappa shape index (κ3) is 5.08. The normalized spacial score (nSPS) is 17.3. The zero-order valence-corrected chi connectivity index (χ0v) is 19.9. The van der Waals surface area contributed by atoms with E-state index in [1.807, 2.05) is 37.0 Å². The minimum atomic E-state index is -0.535. The molecule has 2 aromatic heterocycles. The summed E-state index contributed by atoms with van der Waals surface area (Å²) in [6.07, 6.45) is 4.86. The van der Waals surface area contributed by atoms with Gasteiger partial charge in [-0.1, -0.05) is 0 Å². The molecule has 29 heavy (non-hydrogen) atoms. The van der Waals surface area contributed by atoms with Gasteiger partial charge in [-0.25, -0.2) is 14.6 Å². The fourth-order valence-electron chi connectivity index (χ4n) is 3.33. The highest BCUT2D eigenvalue weighted by molar-refractivity contribution is 14.2. The van der Waals surface area contributed by atoms with Gasteiger partial charge in [0.05, 0.1) is 12.8 Å². The van der Waals surface area contributed by atoms with E-state index >= 15 is 0 Å². The molecule has 0 aromatic carbocycles. The molecule has 1 N–H and O–H groups in total. The molecule has 1 unspecified atom stereocenters. The number of pyridine rings is 1. The van der Waals surface area contributed by atoms with Crippen molar-refractivity contribution in [3.63, 3.8) is 0 Å². The molecular weight excluding hydrogens is 507 g/mol. The first kappa shape index (κ1) is 22.0.